The lowest BCUT2D eigenvalue weighted by atomic mass is 10.2. The minimum atomic E-state index is 0. The highest BCUT2D eigenvalue weighted by molar-refractivity contribution is 14.0. The number of halogens is 1. The molecule has 1 atom stereocenters. The Bertz CT molecular complexity index is 653. The first-order chi connectivity index (χ1) is 12.1. The van der Waals surface area contributed by atoms with E-state index in [-0.39, 0.29) is 24.0 Å². The Morgan fingerprint density at radius 1 is 1.15 bits per heavy atom. The van der Waals surface area contributed by atoms with Crippen LogP contribution in [0.15, 0.2) is 53.8 Å². The lowest BCUT2D eigenvalue weighted by Crippen LogP contribution is -2.44. The average Bonchev–Trinajstić information content (AvgIpc) is 3.03. The molecular formula is C20H32IN5. The summed E-state index contributed by atoms with van der Waals surface area (Å²) in [5, 5.41) is 6.77. The van der Waals surface area contributed by atoms with Crippen molar-refractivity contribution >= 4 is 29.9 Å². The molecule has 0 saturated carbocycles. The van der Waals surface area contributed by atoms with E-state index in [0.717, 1.165) is 25.6 Å². The molecule has 0 amide bonds. The number of aryl methyl sites for hydroxylation is 1. The minimum Gasteiger partial charge on any atom is -0.357 e. The molecule has 5 nitrogen and oxygen atoms in total. The van der Waals surface area contributed by atoms with Crippen molar-refractivity contribution in [3.05, 3.63) is 59.9 Å². The molecule has 2 aromatic rings. The molecule has 0 fully saturated rings. The van der Waals surface area contributed by atoms with E-state index < -0.39 is 0 Å². The van der Waals surface area contributed by atoms with Gasteiger partial charge in [-0.15, -0.1) is 24.0 Å². The highest BCUT2D eigenvalue weighted by atomic mass is 127. The summed E-state index contributed by atoms with van der Waals surface area (Å²) < 4.78 is 2.05. The molecule has 1 aromatic heterocycles. The first kappa shape index (κ1) is 22.5. The number of aliphatic imine (C=N–C) groups is 1. The number of likely N-dealkylation sites (N-methyl/N-ethyl adjacent to an activating group) is 1. The molecule has 0 aliphatic heterocycles. The summed E-state index contributed by atoms with van der Waals surface area (Å²) >= 11 is 0. The van der Waals surface area contributed by atoms with Gasteiger partial charge in [-0.1, -0.05) is 30.3 Å². The topological polar surface area (TPSA) is 44.6 Å². The van der Waals surface area contributed by atoms with Crippen LogP contribution in [0, 0.1) is 0 Å². The van der Waals surface area contributed by atoms with Crippen molar-refractivity contribution in [2.24, 2.45) is 12.0 Å². The standard InChI is InChI=1S/C20H31N5.HI/c1-5-21-20(23-14-19-11-12-24(3)15-19)22-13-17(2)25(4)16-18-9-7-6-8-10-18;/h6-12,15,17H,5,13-14,16H2,1-4H3,(H2,21,22,23);1H. The monoisotopic (exact) mass is 469 g/mol. The van der Waals surface area contributed by atoms with Gasteiger partial charge in [0.15, 0.2) is 5.96 Å². The molecule has 144 valence electrons. The average molecular weight is 469 g/mol. The maximum atomic E-state index is 4.67. The second kappa shape index (κ2) is 12.0. The molecule has 0 radical (unpaired) electrons. The number of aromatic nitrogens is 1. The van der Waals surface area contributed by atoms with Crippen molar-refractivity contribution < 1.29 is 0 Å². The van der Waals surface area contributed by atoms with Crippen LogP contribution in [0.3, 0.4) is 0 Å². The summed E-state index contributed by atoms with van der Waals surface area (Å²) in [4.78, 5) is 7.03. The van der Waals surface area contributed by atoms with Gasteiger partial charge < -0.3 is 15.2 Å². The third-order valence-corrected chi connectivity index (χ3v) is 4.25. The van der Waals surface area contributed by atoms with Crippen LogP contribution >= 0.6 is 24.0 Å². The van der Waals surface area contributed by atoms with Crippen molar-refractivity contribution in [2.75, 3.05) is 20.1 Å². The van der Waals surface area contributed by atoms with Crippen LogP contribution in [0.5, 0.6) is 0 Å². The van der Waals surface area contributed by atoms with Crippen molar-refractivity contribution in [1.29, 1.82) is 0 Å². The Kier molecular flexibility index (Phi) is 10.3. The second-order valence-corrected chi connectivity index (χ2v) is 6.51. The molecule has 1 unspecified atom stereocenters. The third kappa shape index (κ3) is 7.78. The number of guanidine groups is 1. The normalized spacial score (nSPS) is 12.6. The molecule has 1 heterocycles. The van der Waals surface area contributed by atoms with Gasteiger partial charge in [0.1, 0.15) is 0 Å². The van der Waals surface area contributed by atoms with Crippen LogP contribution in [0.25, 0.3) is 0 Å². The third-order valence-electron chi connectivity index (χ3n) is 4.25. The van der Waals surface area contributed by atoms with Crippen molar-refractivity contribution in [3.8, 4) is 0 Å². The number of hydrogen-bond donors (Lipinski definition) is 2. The van der Waals surface area contributed by atoms with Crippen LogP contribution in [0.1, 0.15) is 25.0 Å². The minimum absolute atomic E-state index is 0. The van der Waals surface area contributed by atoms with Gasteiger partial charge in [0.25, 0.3) is 0 Å². The van der Waals surface area contributed by atoms with Crippen molar-refractivity contribution in [2.45, 2.75) is 33.0 Å². The summed E-state index contributed by atoms with van der Waals surface area (Å²) in [6.45, 7) is 7.66. The van der Waals surface area contributed by atoms with Crippen LogP contribution in [-0.4, -0.2) is 41.6 Å². The van der Waals surface area contributed by atoms with Crippen molar-refractivity contribution in [1.82, 2.24) is 20.1 Å². The fourth-order valence-electron chi connectivity index (χ4n) is 2.59. The van der Waals surface area contributed by atoms with Gasteiger partial charge >= 0.3 is 0 Å². The van der Waals surface area contributed by atoms with E-state index in [1.165, 1.54) is 11.1 Å². The van der Waals surface area contributed by atoms with Gasteiger partial charge in [0.05, 0.1) is 6.54 Å². The molecule has 0 bridgehead atoms. The van der Waals surface area contributed by atoms with E-state index in [9.17, 15) is 0 Å². The number of rotatable bonds is 8. The predicted molar refractivity (Wildman–Crippen MR) is 121 cm³/mol. The number of nitrogens with one attached hydrogen (secondary N) is 2. The molecular weight excluding hydrogens is 437 g/mol. The number of benzene rings is 1. The van der Waals surface area contributed by atoms with E-state index in [2.05, 4.69) is 84.0 Å². The Morgan fingerprint density at radius 2 is 1.88 bits per heavy atom. The molecule has 26 heavy (non-hydrogen) atoms. The van der Waals surface area contributed by atoms with Crippen LogP contribution in [0.4, 0.5) is 0 Å². The number of nitrogens with zero attached hydrogens (tertiary/aromatic N) is 3. The van der Waals surface area contributed by atoms with E-state index >= 15 is 0 Å². The van der Waals surface area contributed by atoms with Gasteiger partial charge in [-0.05, 0) is 38.1 Å². The first-order valence-electron chi connectivity index (χ1n) is 8.95. The summed E-state index contributed by atoms with van der Waals surface area (Å²) in [6.07, 6.45) is 4.15. The molecule has 2 N–H and O–H groups in total. The lowest BCUT2D eigenvalue weighted by Gasteiger charge is -2.25. The van der Waals surface area contributed by atoms with Crippen molar-refractivity contribution in [3.63, 3.8) is 0 Å². The number of hydrogen-bond acceptors (Lipinski definition) is 2. The Labute approximate surface area is 174 Å². The summed E-state index contributed by atoms with van der Waals surface area (Å²) in [6, 6.07) is 13.1. The summed E-state index contributed by atoms with van der Waals surface area (Å²) in [7, 11) is 4.19. The summed E-state index contributed by atoms with van der Waals surface area (Å²) in [5.74, 6) is 0.867. The fourth-order valence-corrected chi connectivity index (χ4v) is 2.59. The van der Waals surface area contributed by atoms with Gasteiger partial charge in [0, 0.05) is 45.1 Å². The fraction of sp³-hybridized carbons (Fsp3) is 0.450. The van der Waals surface area contributed by atoms with Crippen LogP contribution in [-0.2, 0) is 20.1 Å². The molecule has 6 heteroatoms. The van der Waals surface area contributed by atoms with Crippen LogP contribution in [0.2, 0.25) is 0 Å². The molecule has 2 rings (SSSR count). The first-order valence-corrected chi connectivity index (χ1v) is 8.95. The SMILES string of the molecule is CCNC(=NCc1ccn(C)c1)NCC(C)N(C)Cc1ccccc1.I. The second-order valence-electron chi connectivity index (χ2n) is 6.51. The smallest absolute Gasteiger partial charge is 0.191 e. The zero-order valence-corrected chi connectivity index (χ0v) is 18.6. The highest BCUT2D eigenvalue weighted by Crippen LogP contribution is 2.05. The van der Waals surface area contributed by atoms with E-state index in [0.29, 0.717) is 12.6 Å². The van der Waals surface area contributed by atoms with Crippen LogP contribution < -0.4 is 10.6 Å². The molecule has 1 aromatic carbocycles. The quantitative estimate of drug-likeness (QED) is 0.355. The van der Waals surface area contributed by atoms with E-state index in [1.807, 2.05) is 17.8 Å². The maximum Gasteiger partial charge on any atom is 0.191 e. The Hall–Kier alpha value is -1.54. The molecule has 0 spiro atoms. The van der Waals surface area contributed by atoms with Gasteiger partial charge in [-0.2, -0.15) is 0 Å². The molecule has 0 aliphatic rings. The Morgan fingerprint density at radius 3 is 2.50 bits per heavy atom. The molecule has 0 aliphatic carbocycles. The van der Waals surface area contributed by atoms with Gasteiger partial charge in [-0.25, -0.2) is 4.99 Å². The predicted octanol–water partition coefficient (Wildman–Crippen LogP) is 3.22. The highest BCUT2D eigenvalue weighted by Gasteiger charge is 2.10. The van der Waals surface area contributed by atoms with Gasteiger partial charge in [-0.3, -0.25) is 4.90 Å². The zero-order chi connectivity index (χ0) is 18.1. The Balaban J connectivity index is 0.00000338. The zero-order valence-electron chi connectivity index (χ0n) is 16.3. The van der Waals surface area contributed by atoms with Gasteiger partial charge in [0.2, 0.25) is 0 Å². The summed E-state index contributed by atoms with van der Waals surface area (Å²) in [5.41, 5.74) is 2.55. The lowest BCUT2D eigenvalue weighted by molar-refractivity contribution is 0.249. The molecule has 0 saturated heterocycles. The largest absolute Gasteiger partial charge is 0.357 e. The maximum absolute atomic E-state index is 4.67. The van der Waals surface area contributed by atoms with E-state index in [1.54, 1.807) is 0 Å². The van der Waals surface area contributed by atoms with E-state index in [4.69, 9.17) is 0 Å².